The Morgan fingerprint density at radius 1 is 1.38 bits per heavy atom. The van der Waals surface area contributed by atoms with Crippen LogP contribution < -0.4 is 0 Å². The van der Waals surface area contributed by atoms with Crippen LogP contribution in [0.4, 0.5) is 0 Å². The molecule has 0 radical (unpaired) electrons. The molecule has 0 atom stereocenters. The topological polar surface area (TPSA) is 50.5 Å². The van der Waals surface area contributed by atoms with E-state index in [0.717, 1.165) is 0 Å². The lowest BCUT2D eigenvalue weighted by atomic mass is 10.3. The summed E-state index contributed by atoms with van der Waals surface area (Å²) >= 11 is 0. The SMILES string of the molecule is CCN(CC)C(=O)C(=O)/C=C/c1ccco1. The average molecular weight is 221 g/mol. The van der Waals surface area contributed by atoms with E-state index in [2.05, 4.69) is 0 Å². The van der Waals surface area contributed by atoms with Crippen molar-refractivity contribution >= 4 is 17.8 Å². The molecule has 0 unspecified atom stereocenters. The maximum atomic E-state index is 11.6. The molecule has 1 aromatic heterocycles. The van der Waals surface area contributed by atoms with Gasteiger partial charge in [-0.15, -0.1) is 0 Å². The lowest BCUT2D eigenvalue weighted by Crippen LogP contribution is -2.35. The smallest absolute Gasteiger partial charge is 0.294 e. The highest BCUT2D eigenvalue weighted by molar-refractivity contribution is 6.41. The van der Waals surface area contributed by atoms with Crippen LogP contribution in [0.5, 0.6) is 0 Å². The third-order valence-corrected chi connectivity index (χ3v) is 2.20. The number of hydrogen-bond acceptors (Lipinski definition) is 3. The third kappa shape index (κ3) is 3.08. The van der Waals surface area contributed by atoms with Crippen molar-refractivity contribution in [2.75, 3.05) is 13.1 Å². The fraction of sp³-hybridized carbons (Fsp3) is 0.333. The number of ketones is 1. The first kappa shape index (κ1) is 12.2. The fourth-order valence-electron chi connectivity index (χ4n) is 1.28. The van der Waals surface area contributed by atoms with E-state index < -0.39 is 11.7 Å². The van der Waals surface area contributed by atoms with Gasteiger partial charge in [0.15, 0.2) is 0 Å². The molecule has 0 aliphatic carbocycles. The molecule has 0 saturated carbocycles. The van der Waals surface area contributed by atoms with Gasteiger partial charge >= 0.3 is 0 Å². The second kappa shape index (κ2) is 5.90. The molecule has 86 valence electrons. The molecule has 0 spiro atoms. The van der Waals surface area contributed by atoms with Gasteiger partial charge in [-0.2, -0.15) is 0 Å². The second-order valence-corrected chi connectivity index (χ2v) is 3.19. The first-order chi connectivity index (χ1) is 7.69. The number of likely N-dealkylation sites (N-methyl/N-ethyl adjacent to an activating group) is 1. The number of rotatable bonds is 5. The van der Waals surface area contributed by atoms with E-state index in [4.69, 9.17) is 4.42 Å². The van der Waals surface area contributed by atoms with Gasteiger partial charge in [0.05, 0.1) is 6.26 Å². The van der Waals surface area contributed by atoms with Gasteiger partial charge in [0.2, 0.25) is 5.78 Å². The van der Waals surface area contributed by atoms with Gasteiger partial charge in [-0.1, -0.05) is 0 Å². The molecule has 0 bridgehead atoms. The van der Waals surface area contributed by atoms with Crippen molar-refractivity contribution in [2.45, 2.75) is 13.8 Å². The van der Waals surface area contributed by atoms with Gasteiger partial charge in [-0.3, -0.25) is 9.59 Å². The van der Waals surface area contributed by atoms with Crippen LogP contribution in [0, 0.1) is 0 Å². The standard InChI is InChI=1S/C12H15NO3/c1-3-13(4-2)12(15)11(14)8-7-10-6-5-9-16-10/h5-9H,3-4H2,1-2H3/b8-7+. The van der Waals surface area contributed by atoms with Crippen molar-refractivity contribution in [2.24, 2.45) is 0 Å². The molecule has 1 amide bonds. The Balaban J connectivity index is 2.62. The quantitative estimate of drug-likeness (QED) is 0.562. The maximum Gasteiger partial charge on any atom is 0.294 e. The predicted octanol–water partition coefficient (Wildman–Crippen LogP) is 1.73. The minimum atomic E-state index is -0.528. The molecule has 0 fully saturated rings. The lowest BCUT2D eigenvalue weighted by molar-refractivity contribution is -0.141. The van der Waals surface area contributed by atoms with Gasteiger partial charge in [0.1, 0.15) is 5.76 Å². The highest BCUT2D eigenvalue weighted by Gasteiger charge is 2.16. The van der Waals surface area contributed by atoms with Crippen LogP contribution in [0.25, 0.3) is 6.08 Å². The Morgan fingerprint density at radius 3 is 2.56 bits per heavy atom. The summed E-state index contributed by atoms with van der Waals surface area (Å²) in [6.07, 6.45) is 4.24. The summed E-state index contributed by atoms with van der Waals surface area (Å²) in [6, 6.07) is 3.43. The van der Waals surface area contributed by atoms with Crippen LogP contribution in [-0.2, 0) is 9.59 Å². The number of furan rings is 1. The highest BCUT2D eigenvalue weighted by atomic mass is 16.3. The van der Waals surface area contributed by atoms with E-state index in [1.54, 1.807) is 12.1 Å². The van der Waals surface area contributed by atoms with Crippen molar-refractivity contribution in [3.05, 3.63) is 30.2 Å². The molecule has 0 aliphatic rings. The Hall–Kier alpha value is -1.84. The lowest BCUT2D eigenvalue weighted by Gasteiger charge is -2.16. The summed E-state index contributed by atoms with van der Waals surface area (Å²) < 4.78 is 5.01. The number of hydrogen-bond donors (Lipinski definition) is 0. The minimum absolute atomic E-state index is 0.479. The molecule has 0 N–H and O–H groups in total. The molecule has 1 heterocycles. The molecule has 16 heavy (non-hydrogen) atoms. The summed E-state index contributed by atoms with van der Waals surface area (Å²) in [4.78, 5) is 24.5. The number of carbonyl (C=O) groups excluding carboxylic acids is 2. The molecular weight excluding hydrogens is 206 g/mol. The summed E-state index contributed by atoms with van der Waals surface area (Å²) in [5.41, 5.74) is 0. The van der Waals surface area contributed by atoms with Crippen LogP contribution in [0.3, 0.4) is 0 Å². The van der Waals surface area contributed by atoms with Crippen LogP contribution >= 0.6 is 0 Å². The molecule has 4 nitrogen and oxygen atoms in total. The average Bonchev–Trinajstić information content (AvgIpc) is 2.80. The van der Waals surface area contributed by atoms with E-state index in [1.165, 1.54) is 23.3 Å². The van der Waals surface area contributed by atoms with Crippen LogP contribution in [-0.4, -0.2) is 29.7 Å². The highest BCUT2D eigenvalue weighted by Crippen LogP contribution is 2.02. The summed E-state index contributed by atoms with van der Waals surface area (Å²) in [6.45, 7) is 4.75. The Labute approximate surface area is 94.5 Å². The summed E-state index contributed by atoms with van der Waals surface area (Å²) in [5, 5.41) is 0. The molecule has 0 saturated heterocycles. The Morgan fingerprint density at radius 2 is 2.06 bits per heavy atom. The van der Waals surface area contributed by atoms with Crippen molar-refractivity contribution in [3.63, 3.8) is 0 Å². The van der Waals surface area contributed by atoms with Gasteiger partial charge < -0.3 is 9.32 Å². The summed E-state index contributed by atoms with van der Waals surface area (Å²) in [7, 11) is 0. The van der Waals surface area contributed by atoms with Crippen LogP contribution in [0.2, 0.25) is 0 Å². The van der Waals surface area contributed by atoms with Gasteiger partial charge in [-0.05, 0) is 38.1 Å². The number of amides is 1. The van der Waals surface area contributed by atoms with Gasteiger partial charge in [-0.25, -0.2) is 0 Å². The molecule has 0 aliphatic heterocycles. The van der Waals surface area contributed by atoms with Crippen molar-refractivity contribution in [1.82, 2.24) is 4.90 Å². The van der Waals surface area contributed by atoms with Gasteiger partial charge in [0, 0.05) is 13.1 Å². The van der Waals surface area contributed by atoms with E-state index in [-0.39, 0.29) is 0 Å². The molecule has 1 aromatic rings. The zero-order valence-corrected chi connectivity index (χ0v) is 9.47. The Kier molecular flexibility index (Phi) is 4.51. The predicted molar refractivity (Wildman–Crippen MR) is 60.7 cm³/mol. The van der Waals surface area contributed by atoms with Crippen molar-refractivity contribution in [3.8, 4) is 0 Å². The normalized spacial score (nSPS) is 10.6. The summed E-state index contributed by atoms with van der Waals surface area (Å²) in [5.74, 6) is -0.450. The molecule has 0 aromatic carbocycles. The zero-order valence-electron chi connectivity index (χ0n) is 9.47. The van der Waals surface area contributed by atoms with E-state index in [0.29, 0.717) is 18.8 Å². The van der Waals surface area contributed by atoms with E-state index >= 15 is 0 Å². The molecule has 1 rings (SSSR count). The van der Waals surface area contributed by atoms with Gasteiger partial charge in [0.25, 0.3) is 5.91 Å². The monoisotopic (exact) mass is 221 g/mol. The van der Waals surface area contributed by atoms with Crippen molar-refractivity contribution in [1.29, 1.82) is 0 Å². The maximum absolute atomic E-state index is 11.6. The third-order valence-electron chi connectivity index (χ3n) is 2.20. The minimum Gasteiger partial charge on any atom is -0.465 e. The van der Waals surface area contributed by atoms with E-state index in [9.17, 15) is 9.59 Å². The largest absolute Gasteiger partial charge is 0.465 e. The Bertz CT molecular complexity index is 375. The number of carbonyl (C=O) groups is 2. The zero-order chi connectivity index (χ0) is 12.0. The van der Waals surface area contributed by atoms with Crippen LogP contribution in [0.1, 0.15) is 19.6 Å². The van der Waals surface area contributed by atoms with E-state index in [1.807, 2.05) is 13.8 Å². The second-order valence-electron chi connectivity index (χ2n) is 3.19. The number of nitrogens with zero attached hydrogens (tertiary/aromatic N) is 1. The first-order valence-electron chi connectivity index (χ1n) is 5.23. The fourth-order valence-corrected chi connectivity index (χ4v) is 1.28. The molecule has 4 heteroatoms. The van der Waals surface area contributed by atoms with Crippen LogP contribution in [0.15, 0.2) is 28.9 Å². The molecular formula is C12H15NO3. The first-order valence-corrected chi connectivity index (χ1v) is 5.23. The van der Waals surface area contributed by atoms with Crippen molar-refractivity contribution < 1.29 is 14.0 Å².